The van der Waals surface area contributed by atoms with E-state index in [1.54, 1.807) is 24.3 Å². The van der Waals surface area contributed by atoms with Gasteiger partial charge in [-0.05, 0) is 82.5 Å². The first-order valence-corrected chi connectivity index (χ1v) is 20.3. The summed E-state index contributed by atoms with van der Waals surface area (Å²) in [5.74, 6) is -6.02. The van der Waals surface area contributed by atoms with Gasteiger partial charge in [-0.25, -0.2) is 9.78 Å². The number of amides is 6. The Balaban J connectivity index is 1.64. The summed E-state index contributed by atoms with van der Waals surface area (Å²) in [6.07, 6.45) is 1.64. The van der Waals surface area contributed by atoms with Gasteiger partial charge in [0.25, 0.3) is 0 Å². The molecule has 24 nitrogen and oxygen atoms in total. The van der Waals surface area contributed by atoms with Gasteiger partial charge in [-0.3, -0.25) is 33.8 Å². The molecule has 1 aromatic carbocycles. The van der Waals surface area contributed by atoms with Crippen molar-refractivity contribution in [1.29, 1.82) is 0 Å². The average Bonchev–Trinajstić information content (AvgIpc) is 3.91. The van der Waals surface area contributed by atoms with E-state index in [2.05, 4.69) is 51.8 Å². The molecule has 4 heterocycles. The van der Waals surface area contributed by atoms with Gasteiger partial charge in [0.1, 0.15) is 30.2 Å². The molecule has 1 aromatic heterocycles. The van der Waals surface area contributed by atoms with E-state index in [9.17, 15) is 43.8 Å². The van der Waals surface area contributed by atoms with Crippen LogP contribution in [0.25, 0.3) is 0 Å². The number of aliphatic carboxylic acids is 1. The summed E-state index contributed by atoms with van der Waals surface area (Å²) in [6.45, 7) is 1.20. The van der Waals surface area contributed by atoms with E-state index in [-0.39, 0.29) is 63.5 Å². The van der Waals surface area contributed by atoms with Crippen LogP contribution in [-0.4, -0.2) is 141 Å². The molecule has 5 rings (SSSR count). The van der Waals surface area contributed by atoms with Gasteiger partial charge in [-0.2, -0.15) is 0 Å². The Bertz CT molecular complexity index is 1950. The van der Waals surface area contributed by atoms with Gasteiger partial charge in [0.15, 0.2) is 5.96 Å². The third-order valence-electron chi connectivity index (χ3n) is 10.1. The van der Waals surface area contributed by atoms with Gasteiger partial charge >= 0.3 is 5.97 Å². The second kappa shape index (κ2) is 23.5. The maximum atomic E-state index is 14.2. The Labute approximate surface area is 356 Å². The molecule has 62 heavy (non-hydrogen) atoms. The summed E-state index contributed by atoms with van der Waals surface area (Å²) in [5, 5.41) is 41.2. The highest BCUT2D eigenvalue weighted by atomic mass is 16.4. The van der Waals surface area contributed by atoms with Gasteiger partial charge in [0.05, 0.1) is 30.6 Å². The van der Waals surface area contributed by atoms with Crippen LogP contribution in [0.15, 0.2) is 45.7 Å². The zero-order valence-corrected chi connectivity index (χ0v) is 34.4. The number of aromatic nitrogens is 2. The predicted molar refractivity (Wildman–Crippen MR) is 222 cm³/mol. The van der Waals surface area contributed by atoms with E-state index in [4.69, 9.17) is 22.9 Å². The fourth-order valence-electron chi connectivity index (χ4n) is 6.83. The standard InChI is InChI=1S/C38H57N15O9/c1-20(54)30-34(59)49-26(6-2-3-13-39)35(60)53-15-5-8-28(53)33(58)48-25(7-4-14-43-37(41)42)32(57)44-19-29(55)47-27(36(61)62)17-23-18-45-38(46-23)52-51-22-11-9-21(10-12-22)16-24(40)31(56)50-30/h9-12,18,20,24-28,30,54H,2-8,13-17,19,39-40H2,1H3,(H,44,57)(H,45,46)(H,47,55)(H,48,58)(H,49,59)(H,50,56)(H,61,62)(H4,41,42,43)/t20-,24+,25+,26+,27+,28+,30+/m1/s1. The Morgan fingerprint density at radius 3 is 2.29 bits per heavy atom. The van der Waals surface area contributed by atoms with E-state index in [1.165, 1.54) is 18.0 Å². The summed E-state index contributed by atoms with van der Waals surface area (Å²) in [4.78, 5) is 106. The molecule has 7 atom stereocenters. The lowest BCUT2D eigenvalue weighted by Gasteiger charge is -2.31. The number of carbonyl (C=O) groups excluding carboxylic acids is 6. The molecule has 24 heteroatoms. The van der Waals surface area contributed by atoms with Gasteiger partial charge in [-0.15, -0.1) is 10.2 Å². The predicted octanol–water partition coefficient (Wildman–Crippen LogP) is -3.05. The highest BCUT2D eigenvalue weighted by Gasteiger charge is 2.40. The third-order valence-corrected chi connectivity index (χ3v) is 10.1. The molecule has 1 fully saturated rings. The molecule has 0 radical (unpaired) electrons. The minimum atomic E-state index is -1.50. The molecule has 4 bridgehead atoms. The molecular weight excluding hydrogens is 811 g/mol. The lowest BCUT2D eigenvalue weighted by molar-refractivity contribution is -0.143. The molecule has 3 aliphatic rings. The van der Waals surface area contributed by atoms with Crippen molar-refractivity contribution in [1.82, 2.24) is 41.5 Å². The number of azo groups is 1. The zero-order chi connectivity index (χ0) is 45.3. The van der Waals surface area contributed by atoms with Gasteiger partial charge < -0.3 is 69.6 Å². The normalized spacial score (nSPS) is 24.2. The Hall–Kier alpha value is -6.53. The molecule has 16 N–H and O–H groups in total. The Morgan fingerprint density at radius 2 is 1.61 bits per heavy atom. The first-order chi connectivity index (χ1) is 29.6. The first kappa shape index (κ1) is 48.1. The number of carbonyl (C=O) groups is 7. The van der Waals surface area contributed by atoms with Crippen LogP contribution in [0.4, 0.5) is 11.6 Å². The molecule has 0 unspecified atom stereocenters. The maximum Gasteiger partial charge on any atom is 0.326 e. The van der Waals surface area contributed by atoms with Crippen molar-refractivity contribution in [2.45, 2.75) is 107 Å². The van der Waals surface area contributed by atoms with Crippen LogP contribution in [0, 0.1) is 0 Å². The molecular formula is C38H57N15O9. The third kappa shape index (κ3) is 14.6. The lowest BCUT2D eigenvalue weighted by Crippen LogP contribution is -2.60. The van der Waals surface area contributed by atoms with Crippen LogP contribution >= 0.6 is 0 Å². The summed E-state index contributed by atoms with van der Waals surface area (Å²) < 4.78 is 0. The Morgan fingerprint density at radius 1 is 0.903 bits per heavy atom. The Kier molecular flexibility index (Phi) is 18.2. The fraction of sp³-hybridized carbons (Fsp3) is 0.553. The van der Waals surface area contributed by atoms with Crippen molar-refractivity contribution in [3.63, 3.8) is 0 Å². The number of hydrogen-bond donors (Lipinski definition) is 12. The van der Waals surface area contributed by atoms with Crippen LogP contribution in [-0.2, 0) is 46.4 Å². The highest BCUT2D eigenvalue weighted by molar-refractivity contribution is 5.97. The summed E-state index contributed by atoms with van der Waals surface area (Å²) >= 11 is 0. The number of aliphatic hydroxyl groups excluding tert-OH is 1. The van der Waals surface area contributed by atoms with E-state index >= 15 is 0 Å². The second-order valence-electron chi connectivity index (χ2n) is 15.1. The molecule has 3 aliphatic heterocycles. The number of unbranched alkanes of at least 4 members (excludes halogenated alkanes) is 1. The molecule has 0 aliphatic carbocycles. The maximum absolute atomic E-state index is 14.2. The van der Waals surface area contributed by atoms with Crippen LogP contribution in [0.3, 0.4) is 0 Å². The van der Waals surface area contributed by atoms with Crippen molar-refractivity contribution in [2.24, 2.45) is 38.2 Å². The first-order valence-electron chi connectivity index (χ1n) is 20.3. The summed E-state index contributed by atoms with van der Waals surface area (Å²) in [6, 6.07) is -1.04. The number of aromatic amines is 1. The number of aliphatic imine (C=N–C) groups is 1. The van der Waals surface area contributed by atoms with Gasteiger partial charge in [-0.1, -0.05) is 12.1 Å². The van der Waals surface area contributed by atoms with Crippen molar-refractivity contribution < 1.29 is 43.8 Å². The molecule has 338 valence electrons. The molecule has 1 saturated heterocycles. The minimum absolute atomic E-state index is 0.00688. The number of fused-ring (bicyclic) bond motifs is 19. The van der Waals surface area contributed by atoms with E-state index < -0.39 is 90.3 Å². The average molecular weight is 868 g/mol. The minimum Gasteiger partial charge on any atom is -0.480 e. The number of H-pyrrole nitrogens is 1. The number of benzene rings is 1. The van der Waals surface area contributed by atoms with Gasteiger partial charge in [0.2, 0.25) is 41.4 Å². The van der Waals surface area contributed by atoms with E-state index in [0.29, 0.717) is 42.8 Å². The number of aliphatic hydroxyl groups is 1. The number of hydrogen-bond acceptors (Lipinski definition) is 14. The quantitative estimate of drug-likeness (QED) is 0.0489. The number of nitrogens with two attached hydrogens (primary N) is 4. The van der Waals surface area contributed by atoms with Crippen molar-refractivity contribution in [3.8, 4) is 0 Å². The van der Waals surface area contributed by atoms with Crippen molar-refractivity contribution in [3.05, 3.63) is 41.7 Å². The van der Waals surface area contributed by atoms with E-state index in [1.807, 2.05) is 0 Å². The fourth-order valence-corrected chi connectivity index (χ4v) is 6.83. The smallest absolute Gasteiger partial charge is 0.326 e. The highest BCUT2D eigenvalue weighted by Crippen LogP contribution is 2.21. The number of rotatable bonds is 10. The second-order valence-corrected chi connectivity index (χ2v) is 15.1. The molecule has 0 saturated carbocycles. The zero-order valence-electron chi connectivity index (χ0n) is 34.4. The van der Waals surface area contributed by atoms with Crippen LogP contribution in [0.1, 0.15) is 63.1 Å². The van der Waals surface area contributed by atoms with Crippen molar-refractivity contribution >= 4 is 59.0 Å². The van der Waals surface area contributed by atoms with Crippen LogP contribution in [0.2, 0.25) is 0 Å². The largest absolute Gasteiger partial charge is 0.480 e. The molecule has 2 aromatic rings. The number of carboxylic acid groups (broad SMARTS) is 1. The van der Waals surface area contributed by atoms with Crippen molar-refractivity contribution in [2.75, 3.05) is 26.2 Å². The monoisotopic (exact) mass is 867 g/mol. The van der Waals surface area contributed by atoms with Gasteiger partial charge in [0, 0.05) is 25.2 Å². The molecule has 6 amide bonds. The SMILES string of the molecule is C[C@@H](O)[C@@H]1NC(=O)[C@@H](N)Cc2ccc(cc2)N=Nc2ncc([nH]2)C[C@@H](C(=O)O)NC(=O)CNC(=O)[C@H](CCCN=C(N)N)NC(=O)[C@@H]2CCCN2C(=O)[C@H](CCCCN)NC1=O. The number of nitrogens with zero attached hydrogens (tertiary/aromatic N) is 5. The summed E-state index contributed by atoms with van der Waals surface area (Å²) in [7, 11) is 0. The summed E-state index contributed by atoms with van der Waals surface area (Å²) in [5.41, 5.74) is 24.1. The van der Waals surface area contributed by atoms with Crippen LogP contribution < -0.4 is 49.5 Å². The van der Waals surface area contributed by atoms with Crippen LogP contribution in [0.5, 0.6) is 0 Å². The molecule has 0 spiro atoms. The number of guanidine groups is 1. The topological polar surface area (TPSA) is 393 Å². The number of carboxylic acids is 1. The number of imidazole rings is 1. The number of nitrogens with one attached hydrogen (secondary N) is 6. The lowest BCUT2D eigenvalue weighted by atomic mass is 10.0. The van der Waals surface area contributed by atoms with E-state index in [0.717, 1.165) is 0 Å².